The highest BCUT2D eigenvalue weighted by Crippen LogP contribution is 2.24. The van der Waals surface area contributed by atoms with Crippen molar-refractivity contribution in [2.45, 2.75) is 51.6 Å². The second-order valence-electron chi connectivity index (χ2n) is 5.11. The first-order valence-corrected chi connectivity index (χ1v) is 8.38. The molecule has 0 spiro atoms. The van der Waals surface area contributed by atoms with Gasteiger partial charge in [0.05, 0.1) is 17.9 Å². The van der Waals surface area contributed by atoms with Gasteiger partial charge < -0.3 is 5.32 Å². The molecule has 7 heteroatoms. The standard InChI is InChI=1S/C13H26N4O2S/c1-7-10(2)16(6)20(18,19)13-11(3)15-17(12(13)4)9-8-14-5/h10,14H,7-9H2,1-6H3. The zero-order chi connectivity index (χ0) is 15.5. The van der Waals surface area contributed by atoms with Crippen LogP contribution < -0.4 is 5.32 Å². The van der Waals surface area contributed by atoms with Crippen LogP contribution in [0.4, 0.5) is 0 Å². The molecule has 1 N–H and O–H groups in total. The maximum atomic E-state index is 12.7. The highest BCUT2D eigenvalue weighted by atomic mass is 32.2. The lowest BCUT2D eigenvalue weighted by molar-refractivity contribution is 0.380. The summed E-state index contributed by atoms with van der Waals surface area (Å²) in [5.74, 6) is 0. The molecule has 0 amide bonds. The Morgan fingerprint density at radius 2 is 2.00 bits per heavy atom. The normalized spacial score (nSPS) is 13.9. The lowest BCUT2D eigenvalue weighted by atomic mass is 10.3. The number of likely N-dealkylation sites (N-methyl/N-ethyl adjacent to an activating group) is 1. The molecule has 0 aliphatic carbocycles. The van der Waals surface area contributed by atoms with E-state index < -0.39 is 10.0 Å². The van der Waals surface area contributed by atoms with Crippen LogP contribution in [0.3, 0.4) is 0 Å². The SMILES string of the molecule is CCC(C)N(C)S(=O)(=O)c1c(C)nn(CCNC)c1C. The third kappa shape index (κ3) is 3.21. The molecule has 0 saturated carbocycles. The molecule has 0 fully saturated rings. The first-order chi connectivity index (χ1) is 9.27. The van der Waals surface area contributed by atoms with E-state index in [2.05, 4.69) is 10.4 Å². The molecule has 1 rings (SSSR count). The van der Waals surface area contributed by atoms with Crippen LogP contribution >= 0.6 is 0 Å². The average molecular weight is 302 g/mol. The minimum Gasteiger partial charge on any atom is -0.318 e. The first-order valence-electron chi connectivity index (χ1n) is 6.94. The Morgan fingerprint density at radius 3 is 2.50 bits per heavy atom. The van der Waals surface area contributed by atoms with Crippen molar-refractivity contribution in [1.82, 2.24) is 19.4 Å². The van der Waals surface area contributed by atoms with Crippen molar-refractivity contribution in [3.63, 3.8) is 0 Å². The van der Waals surface area contributed by atoms with Crippen LogP contribution in [0.2, 0.25) is 0 Å². The number of aromatic nitrogens is 2. The number of hydrogen-bond donors (Lipinski definition) is 1. The van der Waals surface area contributed by atoms with Crippen molar-refractivity contribution < 1.29 is 8.42 Å². The Kier molecular flexibility index (Phi) is 5.73. The van der Waals surface area contributed by atoms with E-state index in [9.17, 15) is 8.42 Å². The summed E-state index contributed by atoms with van der Waals surface area (Å²) in [6, 6.07) is -0.0283. The maximum Gasteiger partial charge on any atom is 0.246 e. The molecule has 1 unspecified atom stereocenters. The Hall–Kier alpha value is -0.920. The van der Waals surface area contributed by atoms with E-state index in [0.717, 1.165) is 13.0 Å². The summed E-state index contributed by atoms with van der Waals surface area (Å²) in [4.78, 5) is 0.344. The number of sulfonamides is 1. The highest BCUT2D eigenvalue weighted by molar-refractivity contribution is 7.89. The minimum atomic E-state index is -3.49. The van der Waals surface area contributed by atoms with E-state index in [-0.39, 0.29) is 6.04 Å². The number of nitrogens with one attached hydrogen (secondary N) is 1. The lowest BCUT2D eigenvalue weighted by Crippen LogP contribution is -2.35. The van der Waals surface area contributed by atoms with Crippen LogP contribution in [0.25, 0.3) is 0 Å². The van der Waals surface area contributed by atoms with Crippen LogP contribution in [0, 0.1) is 13.8 Å². The summed E-state index contributed by atoms with van der Waals surface area (Å²) in [6.07, 6.45) is 0.779. The third-order valence-corrected chi connectivity index (χ3v) is 5.96. The molecule has 0 bridgehead atoms. The van der Waals surface area contributed by atoms with Gasteiger partial charge >= 0.3 is 0 Å². The zero-order valence-electron chi connectivity index (χ0n) is 13.3. The fourth-order valence-electron chi connectivity index (χ4n) is 2.13. The number of rotatable bonds is 7. The summed E-state index contributed by atoms with van der Waals surface area (Å²) < 4.78 is 28.6. The molecule has 0 aromatic carbocycles. The van der Waals surface area contributed by atoms with Gasteiger partial charge in [0.2, 0.25) is 10.0 Å². The fourth-order valence-corrected chi connectivity index (χ4v) is 3.93. The summed E-state index contributed by atoms with van der Waals surface area (Å²) in [7, 11) is 0.00715. The van der Waals surface area contributed by atoms with E-state index in [1.165, 1.54) is 4.31 Å². The van der Waals surface area contributed by atoms with Crippen LogP contribution in [-0.2, 0) is 16.6 Å². The topological polar surface area (TPSA) is 67.2 Å². The minimum absolute atomic E-state index is 0.0283. The van der Waals surface area contributed by atoms with Gasteiger partial charge in [-0.25, -0.2) is 8.42 Å². The van der Waals surface area contributed by atoms with E-state index in [1.54, 1.807) is 18.7 Å². The van der Waals surface area contributed by atoms with Gasteiger partial charge in [-0.3, -0.25) is 4.68 Å². The van der Waals surface area contributed by atoms with Gasteiger partial charge in [-0.15, -0.1) is 0 Å². The molecule has 1 heterocycles. The Bertz CT molecular complexity index is 551. The van der Waals surface area contributed by atoms with Crippen LogP contribution in [0.5, 0.6) is 0 Å². The maximum absolute atomic E-state index is 12.7. The predicted molar refractivity (Wildman–Crippen MR) is 80.3 cm³/mol. The molecular formula is C13H26N4O2S. The molecule has 20 heavy (non-hydrogen) atoms. The van der Waals surface area contributed by atoms with Gasteiger partial charge in [-0.2, -0.15) is 9.40 Å². The van der Waals surface area contributed by atoms with Gasteiger partial charge in [0.1, 0.15) is 4.90 Å². The number of hydrogen-bond acceptors (Lipinski definition) is 4. The Balaban J connectivity index is 3.22. The lowest BCUT2D eigenvalue weighted by Gasteiger charge is -2.23. The monoisotopic (exact) mass is 302 g/mol. The largest absolute Gasteiger partial charge is 0.318 e. The second-order valence-corrected chi connectivity index (χ2v) is 7.04. The molecule has 0 aliphatic heterocycles. The molecule has 0 aliphatic rings. The van der Waals surface area contributed by atoms with Crippen molar-refractivity contribution in [3.05, 3.63) is 11.4 Å². The number of nitrogens with zero attached hydrogens (tertiary/aromatic N) is 3. The van der Waals surface area contributed by atoms with E-state index >= 15 is 0 Å². The predicted octanol–water partition coefficient (Wildman–Crippen LogP) is 1.14. The first kappa shape index (κ1) is 17.1. The molecule has 6 nitrogen and oxygen atoms in total. The van der Waals surface area contributed by atoms with Gasteiger partial charge in [-0.05, 0) is 34.2 Å². The third-order valence-electron chi connectivity index (χ3n) is 3.74. The van der Waals surface area contributed by atoms with Crippen LogP contribution in [0.1, 0.15) is 31.7 Å². The van der Waals surface area contributed by atoms with Gasteiger partial charge in [0.25, 0.3) is 0 Å². The van der Waals surface area contributed by atoms with Gasteiger partial charge in [-0.1, -0.05) is 6.92 Å². The molecule has 1 aromatic heterocycles. The number of aryl methyl sites for hydroxylation is 1. The average Bonchev–Trinajstić information content (AvgIpc) is 2.69. The summed E-state index contributed by atoms with van der Waals surface area (Å²) >= 11 is 0. The molecule has 0 radical (unpaired) electrons. The van der Waals surface area contributed by atoms with Crippen molar-refractivity contribution in [3.8, 4) is 0 Å². The van der Waals surface area contributed by atoms with Crippen molar-refractivity contribution in [2.75, 3.05) is 20.6 Å². The van der Waals surface area contributed by atoms with Crippen molar-refractivity contribution in [1.29, 1.82) is 0 Å². The summed E-state index contributed by atoms with van der Waals surface area (Å²) in [5, 5.41) is 7.39. The smallest absolute Gasteiger partial charge is 0.246 e. The quantitative estimate of drug-likeness (QED) is 0.820. The molecule has 0 saturated heterocycles. The second kappa shape index (κ2) is 6.69. The van der Waals surface area contributed by atoms with Gasteiger partial charge in [0.15, 0.2) is 0 Å². The Labute approximate surface area is 122 Å². The van der Waals surface area contributed by atoms with Gasteiger partial charge in [0, 0.05) is 19.6 Å². The van der Waals surface area contributed by atoms with E-state index in [1.807, 2.05) is 27.8 Å². The van der Waals surface area contributed by atoms with Crippen molar-refractivity contribution in [2.24, 2.45) is 0 Å². The molecule has 1 aromatic rings. The molecule has 1 atom stereocenters. The molecule has 116 valence electrons. The van der Waals surface area contributed by atoms with E-state index in [4.69, 9.17) is 0 Å². The molecular weight excluding hydrogens is 276 g/mol. The Morgan fingerprint density at radius 1 is 1.40 bits per heavy atom. The zero-order valence-corrected chi connectivity index (χ0v) is 14.1. The van der Waals surface area contributed by atoms with Crippen LogP contribution in [0.15, 0.2) is 4.90 Å². The van der Waals surface area contributed by atoms with E-state index in [0.29, 0.717) is 22.8 Å². The fraction of sp³-hybridized carbons (Fsp3) is 0.769. The van der Waals surface area contributed by atoms with Crippen molar-refractivity contribution >= 4 is 10.0 Å². The van der Waals surface area contributed by atoms with Crippen LogP contribution in [-0.4, -0.2) is 49.2 Å². The summed E-state index contributed by atoms with van der Waals surface area (Å²) in [6.45, 7) is 8.86. The highest BCUT2D eigenvalue weighted by Gasteiger charge is 2.30. The summed E-state index contributed by atoms with van der Waals surface area (Å²) in [5.41, 5.74) is 1.27.